The molecule has 0 saturated carbocycles. The highest BCUT2D eigenvalue weighted by molar-refractivity contribution is 9.10. The largest absolute Gasteiger partial charge is 0.497 e. The molecule has 1 aliphatic heterocycles. The van der Waals surface area contributed by atoms with E-state index in [4.69, 9.17) is 9.47 Å². The maximum absolute atomic E-state index is 10.4. The van der Waals surface area contributed by atoms with Gasteiger partial charge < -0.3 is 14.6 Å². The molecule has 1 N–H and O–H groups in total. The van der Waals surface area contributed by atoms with Gasteiger partial charge in [-0.1, -0.05) is 34.1 Å². The van der Waals surface area contributed by atoms with Crippen molar-refractivity contribution in [1.29, 1.82) is 0 Å². The third-order valence-corrected chi connectivity index (χ3v) is 4.26. The second-order valence-corrected chi connectivity index (χ2v) is 5.64. The van der Waals surface area contributed by atoms with E-state index in [1.54, 1.807) is 7.11 Å². The molecule has 2 atom stereocenters. The van der Waals surface area contributed by atoms with E-state index in [2.05, 4.69) is 15.9 Å². The number of fused-ring (bicyclic) bond motifs is 1. The van der Waals surface area contributed by atoms with E-state index in [1.165, 1.54) is 0 Å². The average molecular weight is 335 g/mol. The van der Waals surface area contributed by atoms with Crippen molar-refractivity contribution in [3.05, 3.63) is 58.1 Å². The van der Waals surface area contributed by atoms with Crippen molar-refractivity contribution in [2.45, 2.75) is 18.6 Å². The summed E-state index contributed by atoms with van der Waals surface area (Å²) in [5.74, 6) is 1.44. The topological polar surface area (TPSA) is 38.7 Å². The second-order valence-electron chi connectivity index (χ2n) is 4.78. The second kappa shape index (κ2) is 5.46. The van der Waals surface area contributed by atoms with Gasteiger partial charge in [0.1, 0.15) is 17.6 Å². The number of benzene rings is 2. The molecule has 0 fully saturated rings. The van der Waals surface area contributed by atoms with Gasteiger partial charge in [0.2, 0.25) is 0 Å². The number of methoxy groups -OCH3 is 1. The number of rotatable bonds is 2. The first-order chi connectivity index (χ1) is 9.69. The normalized spacial score (nSPS) is 20.9. The lowest BCUT2D eigenvalue weighted by atomic mass is 9.95. The Morgan fingerprint density at radius 3 is 2.75 bits per heavy atom. The van der Waals surface area contributed by atoms with Gasteiger partial charge in [0.25, 0.3) is 0 Å². The van der Waals surface area contributed by atoms with Crippen LogP contribution in [0.25, 0.3) is 0 Å². The maximum atomic E-state index is 10.4. The molecular weight excluding hydrogens is 320 g/mol. The Labute approximate surface area is 126 Å². The van der Waals surface area contributed by atoms with E-state index < -0.39 is 6.10 Å². The zero-order chi connectivity index (χ0) is 14.1. The van der Waals surface area contributed by atoms with Gasteiger partial charge in [-0.15, -0.1) is 0 Å². The SMILES string of the molecule is COc1ccc2c(c1)C(O)CC(c1ccccc1Br)O2. The molecule has 0 aromatic heterocycles. The molecule has 0 saturated heterocycles. The van der Waals surface area contributed by atoms with E-state index in [0.717, 1.165) is 21.3 Å². The Balaban J connectivity index is 1.95. The van der Waals surface area contributed by atoms with Crippen molar-refractivity contribution in [2.24, 2.45) is 0 Å². The van der Waals surface area contributed by atoms with Gasteiger partial charge >= 0.3 is 0 Å². The van der Waals surface area contributed by atoms with Crippen LogP contribution in [0.3, 0.4) is 0 Å². The molecule has 2 aromatic carbocycles. The fourth-order valence-corrected chi connectivity index (χ4v) is 3.02. The molecule has 20 heavy (non-hydrogen) atoms. The molecule has 2 aromatic rings. The van der Waals surface area contributed by atoms with Crippen molar-refractivity contribution in [3.8, 4) is 11.5 Å². The molecule has 0 spiro atoms. The van der Waals surface area contributed by atoms with Crippen LogP contribution in [-0.4, -0.2) is 12.2 Å². The van der Waals surface area contributed by atoms with Crippen LogP contribution in [-0.2, 0) is 0 Å². The van der Waals surface area contributed by atoms with E-state index >= 15 is 0 Å². The Morgan fingerprint density at radius 1 is 1.20 bits per heavy atom. The van der Waals surface area contributed by atoms with Crippen molar-refractivity contribution in [1.82, 2.24) is 0 Å². The Bertz CT molecular complexity index is 627. The third kappa shape index (κ3) is 2.41. The third-order valence-electron chi connectivity index (χ3n) is 3.53. The Hall–Kier alpha value is -1.52. The van der Waals surface area contributed by atoms with Crippen LogP contribution in [0.1, 0.15) is 29.8 Å². The lowest BCUT2D eigenvalue weighted by Crippen LogP contribution is -2.19. The highest BCUT2D eigenvalue weighted by Gasteiger charge is 2.29. The van der Waals surface area contributed by atoms with Gasteiger partial charge in [-0.05, 0) is 24.3 Å². The smallest absolute Gasteiger partial charge is 0.128 e. The van der Waals surface area contributed by atoms with E-state index in [9.17, 15) is 5.11 Å². The molecule has 1 heterocycles. The van der Waals surface area contributed by atoms with Crippen molar-refractivity contribution >= 4 is 15.9 Å². The molecule has 4 heteroatoms. The van der Waals surface area contributed by atoms with Gasteiger partial charge in [0.15, 0.2) is 0 Å². The van der Waals surface area contributed by atoms with E-state index in [0.29, 0.717) is 12.2 Å². The average Bonchev–Trinajstić information content (AvgIpc) is 2.47. The zero-order valence-electron chi connectivity index (χ0n) is 11.0. The van der Waals surface area contributed by atoms with Crippen LogP contribution in [0.4, 0.5) is 0 Å². The van der Waals surface area contributed by atoms with Crippen molar-refractivity contribution in [3.63, 3.8) is 0 Å². The molecular formula is C16H15BrO3. The molecule has 104 valence electrons. The molecule has 2 unspecified atom stereocenters. The molecule has 3 rings (SSSR count). The van der Waals surface area contributed by atoms with Gasteiger partial charge in [-0.2, -0.15) is 0 Å². The first-order valence-electron chi connectivity index (χ1n) is 6.46. The summed E-state index contributed by atoms with van der Waals surface area (Å²) in [6.07, 6.45) is -0.171. The Morgan fingerprint density at radius 2 is 2.00 bits per heavy atom. The molecule has 0 amide bonds. The highest BCUT2D eigenvalue weighted by Crippen LogP contribution is 2.43. The number of aliphatic hydroxyl groups is 1. The van der Waals surface area contributed by atoms with E-state index in [-0.39, 0.29) is 6.10 Å². The predicted molar refractivity (Wildman–Crippen MR) is 80.1 cm³/mol. The lowest BCUT2D eigenvalue weighted by molar-refractivity contribution is 0.0651. The Kier molecular flexibility index (Phi) is 3.68. The summed E-state index contributed by atoms with van der Waals surface area (Å²) in [5.41, 5.74) is 1.83. The van der Waals surface area contributed by atoms with Crippen LogP contribution >= 0.6 is 15.9 Å². The summed E-state index contributed by atoms with van der Waals surface area (Å²) in [7, 11) is 1.61. The minimum absolute atomic E-state index is 0.151. The number of hydrogen-bond donors (Lipinski definition) is 1. The molecule has 0 radical (unpaired) electrons. The molecule has 3 nitrogen and oxygen atoms in total. The number of halogens is 1. The summed E-state index contributed by atoms with van der Waals surface area (Å²) >= 11 is 3.53. The fraction of sp³-hybridized carbons (Fsp3) is 0.250. The predicted octanol–water partition coefficient (Wildman–Crippen LogP) is 4.01. The standard InChI is InChI=1S/C16H15BrO3/c1-19-10-6-7-15-12(8-10)14(18)9-16(20-15)11-4-2-3-5-13(11)17/h2-8,14,16,18H,9H2,1H3. The first-order valence-corrected chi connectivity index (χ1v) is 7.25. The number of hydrogen-bond acceptors (Lipinski definition) is 3. The lowest BCUT2D eigenvalue weighted by Gasteiger charge is -2.30. The van der Waals surface area contributed by atoms with E-state index in [1.807, 2.05) is 42.5 Å². The maximum Gasteiger partial charge on any atom is 0.128 e. The number of aliphatic hydroxyl groups excluding tert-OH is 1. The van der Waals surface area contributed by atoms with Gasteiger partial charge in [-0.3, -0.25) is 0 Å². The van der Waals surface area contributed by atoms with Crippen LogP contribution < -0.4 is 9.47 Å². The monoisotopic (exact) mass is 334 g/mol. The molecule has 0 aliphatic carbocycles. The summed E-state index contributed by atoms with van der Waals surface area (Å²) in [6, 6.07) is 13.4. The van der Waals surface area contributed by atoms with Crippen LogP contribution in [0.15, 0.2) is 46.9 Å². The van der Waals surface area contributed by atoms with Crippen molar-refractivity contribution < 1.29 is 14.6 Å². The van der Waals surface area contributed by atoms with Gasteiger partial charge in [0, 0.05) is 22.0 Å². The number of ether oxygens (including phenoxy) is 2. The van der Waals surface area contributed by atoms with Crippen LogP contribution in [0.5, 0.6) is 11.5 Å². The summed E-state index contributed by atoms with van der Waals surface area (Å²) in [4.78, 5) is 0. The first kappa shape index (κ1) is 13.5. The van der Waals surface area contributed by atoms with Crippen LogP contribution in [0, 0.1) is 0 Å². The van der Waals surface area contributed by atoms with Crippen molar-refractivity contribution in [2.75, 3.05) is 7.11 Å². The minimum atomic E-state index is -0.550. The summed E-state index contributed by atoms with van der Waals surface area (Å²) < 4.78 is 12.2. The summed E-state index contributed by atoms with van der Waals surface area (Å²) in [5, 5.41) is 10.4. The summed E-state index contributed by atoms with van der Waals surface area (Å²) in [6.45, 7) is 0. The molecule has 1 aliphatic rings. The van der Waals surface area contributed by atoms with Gasteiger partial charge in [-0.25, -0.2) is 0 Å². The zero-order valence-corrected chi connectivity index (χ0v) is 12.6. The van der Waals surface area contributed by atoms with Crippen LogP contribution in [0.2, 0.25) is 0 Å². The fourth-order valence-electron chi connectivity index (χ4n) is 2.48. The quantitative estimate of drug-likeness (QED) is 0.901. The molecule has 0 bridgehead atoms. The van der Waals surface area contributed by atoms with Gasteiger partial charge in [0.05, 0.1) is 13.2 Å². The highest BCUT2D eigenvalue weighted by atomic mass is 79.9. The minimum Gasteiger partial charge on any atom is -0.497 e.